The number of carbonyl (C=O) groups excluding carboxylic acids is 1. The van der Waals surface area contributed by atoms with Crippen LogP contribution in [0.4, 0.5) is 13.2 Å². The molecule has 1 saturated heterocycles. The van der Waals surface area contributed by atoms with E-state index in [1.54, 1.807) is 20.8 Å². The zero-order valence-electron chi connectivity index (χ0n) is 24.2. The zero-order valence-corrected chi connectivity index (χ0v) is 24.2. The van der Waals surface area contributed by atoms with Gasteiger partial charge < -0.3 is 24.4 Å². The van der Waals surface area contributed by atoms with Crippen molar-refractivity contribution in [1.29, 1.82) is 0 Å². The van der Waals surface area contributed by atoms with Crippen LogP contribution in [0.15, 0.2) is 43.0 Å². The van der Waals surface area contributed by atoms with Crippen molar-refractivity contribution < 1.29 is 52.0 Å². The highest BCUT2D eigenvalue weighted by atomic mass is 19.4. The molecule has 0 spiro atoms. The first-order valence-corrected chi connectivity index (χ1v) is 13.4. The van der Waals surface area contributed by atoms with Crippen LogP contribution in [0, 0.1) is 22.7 Å². The van der Waals surface area contributed by atoms with E-state index in [1.807, 2.05) is 0 Å². The molecular weight excluding hydrogens is 545 g/mol. The predicted octanol–water partition coefficient (Wildman–Crippen LogP) is 5.74. The summed E-state index contributed by atoms with van der Waals surface area (Å²) in [5.74, 6) is -5.30. The van der Waals surface area contributed by atoms with Gasteiger partial charge in [0.05, 0.1) is 17.4 Å². The number of carboxylic acid groups (broad SMARTS) is 2. The lowest BCUT2D eigenvalue weighted by atomic mass is 9.47. The monoisotopic (exact) mass is 584 g/mol. The fourth-order valence-corrected chi connectivity index (χ4v) is 7.38. The van der Waals surface area contributed by atoms with E-state index in [0.29, 0.717) is 12.8 Å². The number of aliphatic carboxylic acids is 2. The largest absolute Gasteiger partial charge is 0.481 e. The highest BCUT2D eigenvalue weighted by Gasteiger charge is 2.67. The maximum atomic E-state index is 14.6. The summed E-state index contributed by atoms with van der Waals surface area (Å²) in [6.07, 6.45) is -4.99. The number of methoxy groups -OCH3 is 1. The van der Waals surface area contributed by atoms with Gasteiger partial charge in [-0.1, -0.05) is 43.3 Å². The Morgan fingerprint density at radius 3 is 2.17 bits per heavy atom. The number of fused-ring (bicyclic) bond motifs is 1. The van der Waals surface area contributed by atoms with Crippen LogP contribution in [0.25, 0.3) is 0 Å². The molecule has 2 N–H and O–H groups in total. The Morgan fingerprint density at radius 2 is 1.71 bits per heavy atom. The molecule has 1 heterocycles. The van der Waals surface area contributed by atoms with Crippen LogP contribution >= 0.6 is 0 Å². The van der Waals surface area contributed by atoms with Gasteiger partial charge in [0.2, 0.25) is 0 Å². The summed E-state index contributed by atoms with van der Waals surface area (Å²) in [6.45, 7) is 11.9. The number of esters is 1. The van der Waals surface area contributed by atoms with Gasteiger partial charge in [-0.3, -0.25) is 9.59 Å². The Morgan fingerprint density at radius 1 is 1.12 bits per heavy atom. The van der Waals surface area contributed by atoms with E-state index in [9.17, 15) is 37.8 Å². The minimum Gasteiger partial charge on any atom is -0.481 e. The SMILES string of the molecule is C=C[C@]1(C)O[C@@]2(C)CC[C@H](C(C)(C)C(=O)O)[C@@](C)(CC(=O)O)[C@@H]2C[C@H]1OC(=O)[C@@](OC)(c1ccccc1)C(F)(F)F. The molecule has 8 nitrogen and oxygen atoms in total. The lowest BCUT2D eigenvalue weighted by molar-refractivity contribution is -0.300. The first-order chi connectivity index (χ1) is 18.7. The Bertz CT molecular complexity index is 1180. The summed E-state index contributed by atoms with van der Waals surface area (Å²) in [5, 5.41) is 19.9. The number of hydrogen-bond donors (Lipinski definition) is 2. The second-order valence-electron chi connectivity index (χ2n) is 12.4. The smallest absolute Gasteiger partial charge is 0.432 e. The molecule has 1 saturated carbocycles. The Kier molecular flexibility index (Phi) is 8.53. The number of alkyl halides is 3. The molecule has 11 heteroatoms. The maximum Gasteiger partial charge on any atom is 0.432 e. The second-order valence-corrected chi connectivity index (χ2v) is 12.4. The summed E-state index contributed by atoms with van der Waals surface area (Å²) in [4.78, 5) is 38.0. The number of carboxylic acids is 2. The molecule has 0 radical (unpaired) electrons. The molecule has 1 aliphatic heterocycles. The summed E-state index contributed by atoms with van der Waals surface area (Å²) in [6, 6.07) is 6.41. The normalized spacial score (nSPS) is 33.6. The van der Waals surface area contributed by atoms with Gasteiger partial charge in [-0.25, -0.2) is 4.79 Å². The van der Waals surface area contributed by atoms with Crippen LogP contribution in [0.1, 0.15) is 65.9 Å². The fourth-order valence-electron chi connectivity index (χ4n) is 7.38. The highest BCUT2D eigenvalue weighted by molar-refractivity contribution is 5.83. The number of hydrogen-bond acceptors (Lipinski definition) is 6. The minimum atomic E-state index is -5.20. The third-order valence-corrected chi connectivity index (χ3v) is 9.58. The zero-order chi connectivity index (χ0) is 31.2. The Balaban J connectivity index is 2.13. The molecule has 1 aromatic carbocycles. The second kappa shape index (κ2) is 10.7. The first-order valence-electron chi connectivity index (χ1n) is 13.4. The van der Waals surface area contributed by atoms with E-state index in [4.69, 9.17) is 14.2 Å². The highest BCUT2D eigenvalue weighted by Crippen LogP contribution is 2.63. The molecule has 0 amide bonds. The average Bonchev–Trinajstić information content (AvgIpc) is 2.85. The molecule has 1 aromatic rings. The lowest BCUT2D eigenvalue weighted by Gasteiger charge is -2.63. The van der Waals surface area contributed by atoms with Crippen LogP contribution in [0.2, 0.25) is 0 Å². The number of carbonyl (C=O) groups is 3. The molecule has 228 valence electrons. The molecule has 0 bridgehead atoms. The topological polar surface area (TPSA) is 119 Å². The van der Waals surface area contributed by atoms with Gasteiger partial charge in [-0.05, 0) is 64.2 Å². The van der Waals surface area contributed by atoms with Crippen molar-refractivity contribution in [2.45, 2.75) is 89.4 Å². The van der Waals surface area contributed by atoms with Gasteiger partial charge in [0.25, 0.3) is 5.60 Å². The van der Waals surface area contributed by atoms with Crippen LogP contribution in [-0.2, 0) is 34.2 Å². The van der Waals surface area contributed by atoms with E-state index in [2.05, 4.69) is 6.58 Å². The van der Waals surface area contributed by atoms with E-state index >= 15 is 0 Å². The van der Waals surface area contributed by atoms with Crippen molar-refractivity contribution in [3.05, 3.63) is 48.6 Å². The van der Waals surface area contributed by atoms with Crippen LogP contribution < -0.4 is 0 Å². The average molecular weight is 585 g/mol. The molecule has 3 rings (SSSR count). The number of halogens is 3. The molecule has 0 unspecified atom stereocenters. The van der Waals surface area contributed by atoms with Gasteiger partial charge in [0.15, 0.2) is 0 Å². The summed E-state index contributed by atoms with van der Waals surface area (Å²) in [7, 11) is 0.770. The third-order valence-electron chi connectivity index (χ3n) is 9.58. The molecule has 1 aliphatic carbocycles. The molecule has 2 aliphatic rings. The Labute approximate surface area is 237 Å². The standard InChI is InChI=1S/C30H39F3O8/c1-8-27(5)21(40-24(38)29(39-7,30(31,32)33)18-12-10-9-11-13-18)16-20-26(4,17-22(34)35)19(25(2,3)23(36)37)14-15-28(20,6)41-27/h8-13,19-21H,1,14-17H2,2-7H3,(H,34,35)(H,36,37)/t19-,20+,21-,26-,27+,28+,29+/m1/s1. The Hall–Kier alpha value is -2.92. The first kappa shape index (κ1) is 32.6. The van der Waals surface area contributed by atoms with Crippen molar-refractivity contribution in [3.8, 4) is 0 Å². The van der Waals surface area contributed by atoms with Crippen molar-refractivity contribution in [3.63, 3.8) is 0 Å². The quantitative estimate of drug-likeness (QED) is 0.279. The molecule has 0 aromatic heterocycles. The van der Waals surface area contributed by atoms with Crippen molar-refractivity contribution in [1.82, 2.24) is 0 Å². The van der Waals surface area contributed by atoms with Crippen molar-refractivity contribution >= 4 is 17.9 Å². The fraction of sp³-hybridized carbons (Fsp3) is 0.633. The van der Waals surface area contributed by atoms with Crippen LogP contribution in [0.5, 0.6) is 0 Å². The van der Waals surface area contributed by atoms with E-state index in [0.717, 1.165) is 19.2 Å². The lowest BCUT2D eigenvalue weighted by Crippen LogP contribution is -2.67. The summed E-state index contributed by atoms with van der Waals surface area (Å²) < 4.78 is 60.8. The van der Waals surface area contributed by atoms with E-state index in [1.165, 1.54) is 38.1 Å². The predicted molar refractivity (Wildman–Crippen MR) is 142 cm³/mol. The van der Waals surface area contributed by atoms with Crippen LogP contribution in [0.3, 0.4) is 0 Å². The number of ether oxygens (including phenoxy) is 3. The summed E-state index contributed by atoms with van der Waals surface area (Å²) in [5.41, 5.74) is -8.88. The van der Waals surface area contributed by atoms with E-state index < -0.39 is 81.6 Å². The van der Waals surface area contributed by atoms with Gasteiger partial charge >= 0.3 is 24.1 Å². The van der Waals surface area contributed by atoms with Gasteiger partial charge in [0.1, 0.15) is 11.7 Å². The number of rotatable bonds is 9. The molecule has 2 fully saturated rings. The van der Waals surface area contributed by atoms with Crippen LogP contribution in [-0.4, -0.2) is 58.7 Å². The molecular formula is C30H39F3O8. The van der Waals surface area contributed by atoms with Gasteiger partial charge in [0, 0.05) is 12.7 Å². The summed E-state index contributed by atoms with van der Waals surface area (Å²) >= 11 is 0. The van der Waals surface area contributed by atoms with Gasteiger partial charge in [-0.2, -0.15) is 13.2 Å². The third kappa shape index (κ3) is 5.27. The number of benzene rings is 1. The minimum absolute atomic E-state index is 0.0901. The van der Waals surface area contributed by atoms with Crippen molar-refractivity contribution in [2.24, 2.45) is 22.7 Å². The molecule has 41 heavy (non-hydrogen) atoms. The van der Waals surface area contributed by atoms with E-state index in [-0.39, 0.29) is 6.42 Å². The van der Waals surface area contributed by atoms with Gasteiger partial charge in [-0.15, -0.1) is 6.58 Å². The molecule has 7 atom stereocenters. The van der Waals surface area contributed by atoms with Crippen molar-refractivity contribution in [2.75, 3.05) is 7.11 Å². The maximum absolute atomic E-state index is 14.6.